The van der Waals surface area contributed by atoms with Gasteiger partial charge in [-0.1, -0.05) is 12.8 Å². The van der Waals surface area contributed by atoms with Crippen LogP contribution in [0.5, 0.6) is 5.75 Å². The van der Waals surface area contributed by atoms with Crippen LogP contribution in [0.25, 0.3) is 0 Å². The third-order valence-electron chi connectivity index (χ3n) is 2.97. The molecule has 0 heterocycles. The minimum atomic E-state index is -0.926. The molecule has 1 saturated carbocycles. The van der Waals surface area contributed by atoms with Crippen LogP contribution < -0.4 is 4.74 Å². The predicted molar refractivity (Wildman–Crippen MR) is 67.1 cm³/mol. The van der Waals surface area contributed by atoms with Gasteiger partial charge < -0.3 is 14.6 Å². The van der Waals surface area contributed by atoms with E-state index in [4.69, 9.17) is 14.6 Å². The van der Waals surface area contributed by atoms with Crippen LogP contribution in [0.1, 0.15) is 29.6 Å². The molecule has 0 unspecified atom stereocenters. The average molecular weight is 250 g/mol. The first kappa shape index (κ1) is 12.9. The Balaban J connectivity index is 1.58. The van der Waals surface area contributed by atoms with E-state index < -0.39 is 5.97 Å². The van der Waals surface area contributed by atoms with Gasteiger partial charge in [-0.05, 0) is 36.6 Å². The molecule has 0 radical (unpaired) electrons. The summed E-state index contributed by atoms with van der Waals surface area (Å²) in [5.74, 6) is 0.644. The Morgan fingerprint density at radius 3 is 2.50 bits per heavy atom. The number of aromatic carboxylic acids is 1. The highest BCUT2D eigenvalue weighted by Crippen LogP contribution is 2.31. The maximum atomic E-state index is 10.6. The number of carboxylic acid groups (broad SMARTS) is 1. The molecule has 4 nitrogen and oxygen atoms in total. The summed E-state index contributed by atoms with van der Waals surface area (Å²) >= 11 is 0. The van der Waals surface area contributed by atoms with Crippen molar-refractivity contribution in [1.29, 1.82) is 0 Å². The molecule has 4 heteroatoms. The maximum absolute atomic E-state index is 10.6. The lowest BCUT2D eigenvalue weighted by molar-refractivity contribution is 0.0696. The zero-order valence-electron chi connectivity index (χ0n) is 10.3. The van der Waals surface area contributed by atoms with Crippen LogP contribution >= 0.6 is 0 Å². The summed E-state index contributed by atoms with van der Waals surface area (Å²) in [5, 5.41) is 8.74. The van der Waals surface area contributed by atoms with Gasteiger partial charge in [-0.2, -0.15) is 0 Å². The summed E-state index contributed by atoms with van der Waals surface area (Å²) in [4.78, 5) is 10.6. The quantitative estimate of drug-likeness (QED) is 0.720. The molecule has 1 aromatic carbocycles. The van der Waals surface area contributed by atoms with Crippen LogP contribution in [0, 0.1) is 5.92 Å². The van der Waals surface area contributed by atoms with E-state index in [2.05, 4.69) is 0 Å². The van der Waals surface area contributed by atoms with E-state index >= 15 is 0 Å². The highest BCUT2D eigenvalue weighted by molar-refractivity contribution is 5.87. The highest BCUT2D eigenvalue weighted by atomic mass is 16.5. The monoisotopic (exact) mass is 250 g/mol. The van der Waals surface area contributed by atoms with E-state index in [0.29, 0.717) is 19.0 Å². The van der Waals surface area contributed by atoms with Gasteiger partial charge in [0.1, 0.15) is 12.4 Å². The molecule has 1 aliphatic rings. The van der Waals surface area contributed by atoms with Crippen molar-refractivity contribution in [3.8, 4) is 5.75 Å². The molecule has 1 N–H and O–H groups in total. The van der Waals surface area contributed by atoms with Gasteiger partial charge in [0.25, 0.3) is 0 Å². The summed E-state index contributed by atoms with van der Waals surface area (Å²) < 4.78 is 10.9. The zero-order valence-corrected chi connectivity index (χ0v) is 10.3. The second kappa shape index (κ2) is 6.40. The molecule has 18 heavy (non-hydrogen) atoms. The molecule has 1 aliphatic carbocycles. The van der Waals surface area contributed by atoms with Gasteiger partial charge >= 0.3 is 5.97 Å². The standard InChI is InChI=1S/C14H18O4/c15-14(16)12-3-5-13(6-4-12)18-10-9-17-8-7-11-1-2-11/h3-6,11H,1-2,7-10H2,(H,15,16). The van der Waals surface area contributed by atoms with E-state index in [9.17, 15) is 4.79 Å². The summed E-state index contributed by atoms with van der Waals surface area (Å²) in [5.41, 5.74) is 0.267. The minimum Gasteiger partial charge on any atom is -0.491 e. The Hall–Kier alpha value is -1.55. The molecule has 98 valence electrons. The molecule has 0 spiro atoms. The highest BCUT2D eigenvalue weighted by Gasteiger charge is 2.20. The normalized spacial score (nSPS) is 14.4. The van der Waals surface area contributed by atoms with E-state index in [0.717, 1.165) is 18.9 Å². The van der Waals surface area contributed by atoms with Crippen molar-refractivity contribution in [2.75, 3.05) is 19.8 Å². The number of carboxylic acids is 1. The number of hydrogen-bond donors (Lipinski definition) is 1. The van der Waals surface area contributed by atoms with Crippen molar-refractivity contribution < 1.29 is 19.4 Å². The molecular weight excluding hydrogens is 232 g/mol. The molecule has 0 aromatic heterocycles. The first-order chi connectivity index (χ1) is 8.75. The molecule has 0 amide bonds. The molecule has 1 fully saturated rings. The number of benzene rings is 1. The summed E-state index contributed by atoms with van der Waals surface area (Å²) in [6.45, 7) is 1.89. The molecule has 0 bridgehead atoms. The Morgan fingerprint density at radius 1 is 1.17 bits per heavy atom. The minimum absolute atomic E-state index is 0.267. The van der Waals surface area contributed by atoms with Crippen LogP contribution in [0.2, 0.25) is 0 Å². The Labute approximate surface area is 107 Å². The Kier molecular flexibility index (Phi) is 4.59. The zero-order chi connectivity index (χ0) is 12.8. The Morgan fingerprint density at radius 2 is 1.89 bits per heavy atom. The number of ether oxygens (including phenoxy) is 2. The number of hydrogen-bond acceptors (Lipinski definition) is 3. The van der Waals surface area contributed by atoms with Crippen molar-refractivity contribution in [2.24, 2.45) is 5.92 Å². The van der Waals surface area contributed by atoms with Crippen LogP contribution in [-0.4, -0.2) is 30.9 Å². The van der Waals surface area contributed by atoms with Crippen LogP contribution in [-0.2, 0) is 4.74 Å². The van der Waals surface area contributed by atoms with Crippen LogP contribution in [0.15, 0.2) is 24.3 Å². The number of carbonyl (C=O) groups is 1. The average Bonchev–Trinajstić information content (AvgIpc) is 3.18. The van der Waals surface area contributed by atoms with E-state index in [1.807, 2.05) is 0 Å². The lowest BCUT2D eigenvalue weighted by Gasteiger charge is -2.07. The van der Waals surface area contributed by atoms with Gasteiger partial charge in [0.05, 0.1) is 12.2 Å². The van der Waals surface area contributed by atoms with Crippen molar-refractivity contribution in [3.63, 3.8) is 0 Å². The fourth-order valence-corrected chi connectivity index (χ4v) is 1.67. The van der Waals surface area contributed by atoms with Gasteiger partial charge in [-0.3, -0.25) is 0 Å². The number of rotatable bonds is 8. The van der Waals surface area contributed by atoms with Gasteiger partial charge in [0.2, 0.25) is 0 Å². The summed E-state index contributed by atoms with van der Waals surface area (Å²) in [6, 6.07) is 6.39. The lowest BCUT2D eigenvalue weighted by atomic mass is 10.2. The lowest BCUT2D eigenvalue weighted by Crippen LogP contribution is -2.08. The van der Waals surface area contributed by atoms with Gasteiger partial charge in [0, 0.05) is 6.61 Å². The molecule has 0 atom stereocenters. The van der Waals surface area contributed by atoms with Crippen molar-refractivity contribution >= 4 is 5.97 Å². The van der Waals surface area contributed by atoms with Crippen molar-refractivity contribution in [1.82, 2.24) is 0 Å². The molecule has 0 saturated heterocycles. The maximum Gasteiger partial charge on any atom is 0.335 e. The molecular formula is C14H18O4. The largest absolute Gasteiger partial charge is 0.491 e. The van der Waals surface area contributed by atoms with Crippen LogP contribution in [0.4, 0.5) is 0 Å². The van der Waals surface area contributed by atoms with Gasteiger partial charge in [0.15, 0.2) is 0 Å². The third-order valence-corrected chi connectivity index (χ3v) is 2.97. The molecule has 1 aromatic rings. The van der Waals surface area contributed by atoms with E-state index in [1.54, 1.807) is 12.1 Å². The fraction of sp³-hybridized carbons (Fsp3) is 0.500. The second-order valence-corrected chi connectivity index (χ2v) is 4.52. The first-order valence-electron chi connectivity index (χ1n) is 6.29. The Bertz CT molecular complexity index is 381. The topological polar surface area (TPSA) is 55.8 Å². The SMILES string of the molecule is O=C(O)c1ccc(OCCOCCC2CC2)cc1. The van der Waals surface area contributed by atoms with E-state index in [1.165, 1.54) is 25.0 Å². The summed E-state index contributed by atoms with van der Waals surface area (Å²) in [7, 11) is 0. The molecule has 0 aliphatic heterocycles. The fourth-order valence-electron chi connectivity index (χ4n) is 1.67. The van der Waals surface area contributed by atoms with Gasteiger partial charge in [-0.15, -0.1) is 0 Å². The van der Waals surface area contributed by atoms with Crippen LogP contribution in [0.3, 0.4) is 0 Å². The summed E-state index contributed by atoms with van der Waals surface area (Å²) in [6.07, 6.45) is 3.87. The second-order valence-electron chi connectivity index (χ2n) is 4.52. The van der Waals surface area contributed by atoms with E-state index in [-0.39, 0.29) is 5.56 Å². The smallest absolute Gasteiger partial charge is 0.335 e. The third kappa shape index (κ3) is 4.37. The van der Waals surface area contributed by atoms with Crippen molar-refractivity contribution in [2.45, 2.75) is 19.3 Å². The van der Waals surface area contributed by atoms with Crippen molar-refractivity contribution in [3.05, 3.63) is 29.8 Å². The first-order valence-corrected chi connectivity index (χ1v) is 6.29. The molecule has 2 rings (SSSR count). The predicted octanol–water partition coefficient (Wildman–Crippen LogP) is 2.58. The van der Waals surface area contributed by atoms with Gasteiger partial charge in [-0.25, -0.2) is 4.79 Å².